The van der Waals surface area contributed by atoms with Crippen LogP contribution in [0, 0.1) is 6.92 Å². The van der Waals surface area contributed by atoms with E-state index in [1.54, 1.807) is 0 Å². The maximum atomic E-state index is 9.75. The average Bonchev–Trinajstić information content (AvgIpc) is 2.12. The summed E-state index contributed by atoms with van der Waals surface area (Å²) in [5.41, 5.74) is 2.54. The highest BCUT2D eigenvalue weighted by atomic mass is 19.5. The Bertz CT molecular complexity index is 295. The SMILES string of the molecule is CCCCc1cc(C)ccn1.F[B-](F)(F)F. The first-order chi connectivity index (χ1) is 7.33. The number of aromatic nitrogens is 1. The molecule has 92 valence electrons. The summed E-state index contributed by atoms with van der Waals surface area (Å²) in [5.74, 6) is 0. The minimum Gasteiger partial charge on any atom is -0.418 e. The van der Waals surface area contributed by atoms with Gasteiger partial charge in [0.2, 0.25) is 0 Å². The van der Waals surface area contributed by atoms with Gasteiger partial charge >= 0.3 is 7.25 Å². The fourth-order valence-electron chi connectivity index (χ4n) is 1.09. The van der Waals surface area contributed by atoms with Gasteiger partial charge < -0.3 is 17.3 Å². The van der Waals surface area contributed by atoms with Crippen LogP contribution in [0.2, 0.25) is 0 Å². The number of halogens is 4. The lowest BCUT2D eigenvalue weighted by atomic mass is 10.1. The number of pyridine rings is 1. The number of hydrogen-bond donors (Lipinski definition) is 0. The quantitative estimate of drug-likeness (QED) is 0.570. The largest absolute Gasteiger partial charge is 0.673 e. The maximum absolute atomic E-state index is 9.75. The third kappa shape index (κ3) is 11.0. The fourth-order valence-corrected chi connectivity index (χ4v) is 1.09. The number of aryl methyl sites for hydroxylation is 2. The molecule has 0 aliphatic rings. The van der Waals surface area contributed by atoms with Crippen molar-refractivity contribution in [3.05, 3.63) is 29.6 Å². The first kappa shape index (κ1) is 14.9. The van der Waals surface area contributed by atoms with E-state index in [-0.39, 0.29) is 0 Å². The van der Waals surface area contributed by atoms with Gasteiger partial charge in [-0.15, -0.1) is 0 Å². The summed E-state index contributed by atoms with van der Waals surface area (Å²) in [4.78, 5) is 4.28. The Balaban J connectivity index is 0.000000385. The number of nitrogens with zero attached hydrogens (tertiary/aromatic N) is 1. The van der Waals surface area contributed by atoms with Crippen LogP contribution in [0.3, 0.4) is 0 Å². The molecule has 6 heteroatoms. The highest BCUT2D eigenvalue weighted by Crippen LogP contribution is 2.06. The van der Waals surface area contributed by atoms with Crippen molar-refractivity contribution >= 4 is 7.25 Å². The third-order valence-electron chi connectivity index (χ3n) is 1.76. The molecule has 1 heterocycles. The Morgan fingerprint density at radius 1 is 1.25 bits per heavy atom. The zero-order valence-electron chi connectivity index (χ0n) is 9.39. The summed E-state index contributed by atoms with van der Waals surface area (Å²) in [6.07, 6.45) is 5.50. The van der Waals surface area contributed by atoms with Crippen molar-refractivity contribution in [3.63, 3.8) is 0 Å². The van der Waals surface area contributed by atoms with E-state index in [4.69, 9.17) is 0 Å². The molecule has 0 radical (unpaired) electrons. The molecule has 0 amide bonds. The van der Waals surface area contributed by atoms with Crippen LogP contribution in [0.1, 0.15) is 31.0 Å². The lowest BCUT2D eigenvalue weighted by Gasteiger charge is -1.98. The smallest absolute Gasteiger partial charge is 0.418 e. The highest BCUT2D eigenvalue weighted by molar-refractivity contribution is 6.50. The van der Waals surface area contributed by atoms with Crippen LogP contribution in [-0.2, 0) is 6.42 Å². The first-order valence-electron chi connectivity index (χ1n) is 5.11. The Morgan fingerprint density at radius 3 is 2.25 bits per heavy atom. The maximum Gasteiger partial charge on any atom is 0.673 e. The molecular weight excluding hydrogens is 221 g/mol. The standard InChI is InChI=1S/C10H15N.BF4/c1-3-4-5-10-8-9(2)6-7-11-10;2-1(3,4)5/h6-8H,3-5H2,1-2H3;/q;-1. The fraction of sp³-hybridized carbons (Fsp3) is 0.500. The van der Waals surface area contributed by atoms with Crippen molar-refractivity contribution < 1.29 is 17.3 Å². The van der Waals surface area contributed by atoms with E-state index < -0.39 is 7.25 Å². The van der Waals surface area contributed by atoms with E-state index in [1.165, 1.54) is 24.1 Å². The summed E-state index contributed by atoms with van der Waals surface area (Å²) in [5, 5.41) is 0. The molecule has 1 aromatic heterocycles. The van der Waals surface area contributed by atoms with Gasteiger partial charge in [-0.1, -0.05) is 13.3 Å². The zero-order chi connectivity index (χ0) is 12.6. The van der Waals surface area contributed by atoms with E-state index in [1.807, 2.05) is 12.3 Å². The van der Waals surface area contributed by atoms with E-state index >= 15 is 0 Å². The summed E-state index contributed by atoms with van der Waals surface area (Å²) in [6, 6.07) is 4.20. The van der Waals surface area contributed by atoms with E-state index in [0.717, 1.165) is 6.42 Å². The highest BCUT2D eigenvalue weighted by Gasteiger charge is 2.20. The molecule has 1 aromatic rings. The van der Waals surface area contributed by atoms with Gasteiger partial charge in [0.1, 0.15) is 0 Å². The summed E-state index contributed by atoms with van der Waals surface area (Å²) in [6.45, 7) is 4.31. The van der Waals surface area contributed by atoms with Crippen LogP contribution in [0.5, 0.6) is 0 Å². The van der Waals surface area contributed by atoms with Gasteiger partial charge in [0.05, 0.1) is 0 Å². The van der Waals surface area contributed by atoms with Crippen molar-refractivity contribution in [1.82, 2.24) is 4.98 Å². The van der Waals surface area contributed by atoms with Crippen LogP contribution >= 0.6 is 0 Å². The van der Waals surface area contributed by atoms with Crippen molar-refractivity contribution in [2.45, 2.75) is 33.1 Å². The lowest BCUT2D eigenvalue weighted by Crippen LogP contribution is -2.02. The monoisotopic (exact) mass is 236 g/mol. The van der Waals surface area contributed by atoms with Gasteiger partial charge in [-0.25, -0.2) is 0 Å². The first-order valence-corrected chi connectivity index (χ1v) is 5.11. The Kier molecular flexibility index (Phi) is 6.77. The minimum atomic E-state index is -6.00. The minimum absolute atomic E-state index is 1.12. The second kappa shape index (κ2) is 7.25. The topological polar surface area (TPSA) is 12.9 Å². The molecule has 0 N–H and O–H groups in total. The van der Waals surface area contributed by atoms with Gasteiger partial charge in [0.25, 0.3) is 0 Å². The van der Waals surface area contributed by atoms with Gasteiger partial charge in [-0.05, 0) is 37.5 Å². The molecule has 0 bridgehead atoms. The van der Waals surface area contributed by atoms with Gasteiger partial charge in [0, 0.05) is 11.9 Å². The van der Waals surface area contributed by atoms with Crippen LogP contribution in [0.15, 0.2) is 18.3 Å². The summed E-state index contributed by atoms with van der Waals surface area (Å²) >= 11 is 0. The lowest BCUT2D eigenvalue weighted by molar-refractivity contribution is 0.368. The molecule has 1 nitrogen and oxygen atoms in total. The zero-order valence-corrected chi connectivity index (χ0v) is 9.39. The van der Waals surface area contributed by atoms with Crippen molar-refractivity contribution in [2.24, 2.45) is 0 Å². The Labute approximate surface area is 93.0 Å². The van der Waals surface area contributed by atoms with Crippen LogP contribution in [-0.4, -0.2) is 12.2 Å². The third-order valence-corrected chi connectivity index (χ3v) is 1.76. The summed E-state index contributed by atoms with van der Waals surface area (Å²) in [7, 11) is -6.00. The van der Waals surface area contributed by atoms with Crippen molar-refractivity contribution in [3.8, 4) is 0 Å². The average molecular weight is 236 g/mol. The molecule has 0 spiro atoms. The van der Waals surface area contributed by atoms with Crippen LogP contribution in [0.4, 0.5) is 17.3 Å². The number of rotatable bonds is 3. The Morgan fingerprint density at radius 2 is 1.81 bits per heavy atom. The molecule has 0 atom stereocenters. The molecular formula is C10H15BF4N-. The van der Waals surface area contributed by atoms with Crippen molar-refractivity contribution in [1.29, 1.82) is 0 Å². The van der Waals surface area contributed by atoms with Gasteiger partial charge in [-0.3, -0.25) is 4.98 Å². The predicted octanol–water partition coefficient (Wildman–Crippen LogP) is 4.03. The van der Waals surface area contributed by atoms with Crippen LogP contribution in [0.25, 0.3) is 0 Å². The van der Waals surface area contributed by atoms with Gasteiger partial charge in [0.15, 0.2) is 0 Å². The second-order valence-corrected chi connectivity index (χ2v) is 3.42. The molecule has 16 heavy (non-hydrogen) atoms. The molecule has 0 aliphatic heterocycles. The molecule has 0 aromatic carbocycles. The van der Waals surface area contributed by atoms with E-state index in [0.29, 0.717) is 0 Å². The van der Waals surface area contributed by atoms with Crippen LogP contribution < -0.4 is 0 Å². The van der Waals surface area contributed by atoms with Gasteiger partial charge in [-0.2, -0.15) is 0 Å². The molecule has 0 saturated carbocycles. The van der Waals surface area contributed by atoms with Crippen molar-refractivity contribution in [2.75, 3.05) is 0 Å². The number of unbranched alkanes of at least 4 members (excludes halogenated alkanes) is 1. The van der Waals surface area contributed by atoms with E-state index in [9.17, 15) is 17.3 Å². The second-order valence-electron chi connectivity index (χ2n) is 3.42. The predicted molar refractivity (Wildman–Crippen MR) is 57.8 cm³/mol. The number of hydrogen-bond acceptors (Lipinski definition) is 1. The molecule has 0 saturated heterocycles. The Hall–Kier alpha value is -1.07. The summed E-state index contributed by atoms with van der Waals surface area (Å²) < 4.78 is 39.0. The molecule has 0 fully saturated rings. The van der Waals surface area contributed by atoms with E-state index in [2.05, 4.69) is 24.9 Å². The normalized spacial score (nSPS) is 10.6. The molecule has 0 aliphatic carbocycles. The molecule has 1 rings (SSSR count). The molecule has 0 unspecified atom stereocenters.